The molecule has 0 saturated heterocycles. The van der Waals surface area contributed by atoms with Gasteiger partial charge in [-0.3, -0.25) is 4.57 Å². The van der Waals surface area contributed by atoms with Crippen LogP contribution in [0.25, 0.3) is 10.9 Å². The zero-order valence-electron chi connectivity index (χ0n) is 21.0. The highest BCUT2D eigenvalue weighted by atomic mass is 31.2. The molecule has 0 aliphatic rings. The second kappa shape index (κ2) is 10.4. The third-order valence-electron chi connectivity index (χ3n) is 5.79. The highest BCUT2D eigenvalue weighted by Gasteiger charge is 2.28. The van der Waals surface area contributed by atoms with E-state index in [4.69, 9.17) is 19.8 Å². The Morgan fingerprint density at radius 1 is 1.00 bits per heavy atom. The number of hydrogen-bond donors (Lipinski definition) is 3. The average Bonchev–Trinajstić information content (AvgIpc) is 3.18. The number of rotatable bonds is 9. The van der Waals surface area contributed by atoms with Gasteiger partial charge in [0.2, 0.25) is 0 Å². The van der Waals surface area contributed by atoms with Crippen LogP contribution < -0.4 is 11.0 Å². The second-order valence-corrected chi connectivity index (χ2v) is 11.0. The van der Waals surface area contributed by atoms with Gasteiger partial charge in [0.05, 0.1) is 35.5 Å². The number of aromatic hydroxyl groups is 1. The van der Waals surface area contributed by atoms with E-state index < -0.39 is 13.1 Å². The summed E-state index contributed by atoms with van der Waals surface area (Å²) in [7, 11) is -3.53. The number of aliphatic imine (C=N–C) groups is 1. The van der Waals surface area contributed by atoms with Crippen LogP contribution in [0.2, 0.25) is 0 Å². The highest BCUT2D eigenvalue weighted by Crippen LogP contribution is 2.47. The number of nitrogens with two attached hydrogens (primary N) is 1. The molecule has 0 bridgehead atoms. The molecule has 7 nitrogen and oxygen atoms in total. The summed E-state index contributed by atoms with van der Waals surface area (Å²) in [4.78, 5) is 8.00. The number of H-pyrrole nitrogens is 1. The van der Waals surface area contributed by atoms with Crippen molar-refractivity contribution >= 4 is 35.2 Å². The Labute approximate surface area is 211 Å². The molecular weight excluding hydrogens is 473 g/mol. The summed E-state index contributed by atoms with van der Waals surface area (Å²) in [5.74, 6) is -0.0392. The second-order valence-electron chi connectivity index (χ2n) is 9.01. The fourth-order valence-corrected chi connectivity index (χ4v) is 5.67. The van der Waals surface area contributed by atoms with Gasteiger partial charge in [-0.1, -0.05) is 42.5 Å². The third kappa shape index (κ3) is 5.30. The number of hydrogen-bond acceptors (Lipinski definition) is 6. The zero-order chi connectivity index (χ0) is 25.9. The SMILES string of the molecule is CCOP(=O)(OCC)c1ccc2[nH]c(O)c(C(=Nc3cccc(C(C)(C)N)c3)c3ccccc3)c2c1. The number of aromatic nitrogens is 1. The van der Waals surface area contributed by atoms with Crippen LogP contribution in [0.5, 0.6) is 5.88 Å². The van der Waals surface area contributed by atoms with Crippen molar-refractivity contribution in [1.82, 2.24) is 4.98 Å². The molecule has 0 spiro atoms. The number of nitrogens with zero attached hydrogens (tertiary/aromatic N) is 1. The molecule has 8 heteroatoms. The van der Waals surface area contributed by atoms with Crippen LogP contribution in [-0.4, -0.2) is 29.0 Å². The van der Waals surface area contributed by atoms with Crippen molar-refractivity contribution in [3.05, 3.63) is 89.5 Å². The van der Waals surface area contributed by atoms with E-state index in [9.17, 15) is 9.67 Å². The first kappa shape index (κ1) is 25.9. The topological polar surface area (TPSA) is 110 Å². The van der Waals surface area contributed by atoms with E-state index in [-0.39, 0.29) is 19.1 Å². The van der Waals surface area contributed by atoms with Crippen molar-refractivity contribution in [3.8, 4) is 5.88 Å². The predicted molar refractivity (Wildman–Crippen MR) is 146 cm³/mol. The van der Waals surface area contributed by atoms with Gasteiger partial charge in [0.25, 0.3) is 0 Å². The summed E-state index contributed by atoms with van der Waals surface area (Å²) < 4.78 is 24.6. The quantitative estimate of drug-likeness (QED) is 0.187. The molecule has 0 aliphatic heterocycles. The molecule has 0 atom stereocenters. The third-order valence-corrected chi connectivity index (χ3v) is 7.90. The largest absolute Gasteiger partial charge is 0.494 e. The van der Waals surface area contributed by atoms with Gasteiger partial charge in [-0.15, -0.1) is 0 Å². The lowest BCUT2D eigenvalue weighted by Crippen LogP contribution is -2.28. The molecule has 0 aliphatic carbocycles. The minimum atomic E-state index is -3.53. The van der Waals surface area contributed by atoms with E-state index in [1.54, 1.807) is 32.0 Å². The van der Waals surface area contributed by atoms with Gasteiger partial charge in [-0.05, 0) is 63.6 Å². The van der Waals surface area contributed by atoms with Crippen LogP contribution in [-0.2, 0) is 19.2 Å². The van der Waals surface area contributed by atoms with Gasteiger partial charge < -0.3 is 24.9 Å². The van der Waals surface area contributed by atoms with Crippen LogP contribution in [0.15, 0.2) is 77.8 Å². The van der Waals surface area contributed by atoms with E-state index in [2.05, 4.69) is 4.98 Å². The van der Waals surface area contributed by atoms with E-state index in [0.29, 0.717) is 33.2 Å². The van der Waals surface area contributed by atoms with Crippen LogP contribution >= 0.6 is 7.60 Å². The molecule has 0 fully saturated rings. The van der Waals surface area contributed by atoms with Gasteiger partial charge in [-0.25, -0.2) is 4.99 Å². The molecule has 4 rings (SSSR count). The van der Waals surface area contributed by atoms with Crippen LogP contribution in [0.4, 0.5) is 5.69 Å². The Morgan fingerprint density at radius 2 is 1.69 bits per heavy atom. The first-order valence-electron chi connectivity index (χ1n) is 11.9. The van der Waals surface area contributed by atoms with Gasteiger partial charge >= 0.3 is 7.60 Å². The monoisotopic (exact) mass is 505 g/mol. The summed E-state index contributed by atoms with van der Waals surface area (Å²) in [6.45, 7) is 7.91. The number of nitrogens with one attached hydrogen (secondary N) is 1. The van der Waals surface area contributed by atoms with E-state index >= 15 is 0 Å². The van der Waals surface area contributed by atoms with Crippen molar-refractivity contribution in [2.24, 2.45) is 10.7 Å². The molecule has 0 unspecified atom stereocenters. The highest BCUT2D eigenvalue weighted by molar-refractivity contribution is 7.62. The first-order valence-corrected chi connectivity index (χ1v) is 13.5. The maximum atomic E-state index is 13.5. The molecule has 0 saturated carbocycles. The van der Waals surface area contributed by atoms with Crippen LogP contribution in [0, 0.1) is 0 Å². The fraction of sp³-hybridized carbons (Fsp3) is 0.250. The smallest absolute Gasteiger partial charge is 0.361 e. The van der Waals surface area contributed by atoms with Gasteiger partial charge in [0.15, 0.2) is 5.88 Å². The maximum Gasteiger partial charge on any atom is 0.361 e. The van der Waals surface area contributed by atoms with Gasteiger partial charge in [0.1, 0.15) is 0 Å². The Bertz CT molecular complexity index is 1430. The fourth-order valence-electron chi connectivity index (χ4n) is 4.07. The molecule has 1 aromatic heterocycles. The van der Waals surface area contributed by atoms with Crippen molar-refractivity contribution in [3.63, 3.8) is 0 Å². The van der Waals surface area contributed by atoms with Crippen molar-refractivity contribution in [2.75, 3.05) is 13.2 Å². The molecule has 3 aromatic carbocycles. The van der Waals surface area contributed by atoms with Crippen molar-refractivity contribution < 1.29 is 18.7 Å². The molecule has 36 heavy (non-hydrogen) atoms. The van der Waals surface area contributed by atoms with Gasteiger partial charge in [0, 0.05) is 22.0 Å². The Kier molecular flexibility index (Phi) is 7.48. The Morgan fingerprint density at radius 3 is 2.33 bits per heavy atom. The van der Waals surface area contributed by atoms with Crippen LogP contribution in [0.1, 0.15) is 44.4 Å². The van der Waals surface area contributed by atoms with Crippen molar-refractivity contribution in [1.29, 1.82) is 0 Å². The number of benzene rings is 3. The Balaban J connectivity index is 1.96. The number of fused-ring (bicyclic) bond motifs is 1. The maximum absolute atomic E-state index is 13.5. The lowest BCUT2D eigenvalue weighted by molar-refractivity contribution is 0.230. The average molecular weight is 506 g/mol. The molecule has 0 radical (unpaired) electrons. The summed E-state index contributed by atoms with van der Waals surface area (Å²) in [6.07, 6.45) is 0. The summed E-state index contributed by atoms with van der Waals surface area (Å²) in [6, 6.07) is 22.5. The van der Waals surface area contributed by atoms with E-state index in [1.165, 1.54) is 0 Å². The molecule has 4 aromatic rings. The lowest BCUT2D eigenvalue weighted by atomic mass is 9.95. The normalized spacial score (nSPS) is 12.9. The predicted octanol–water partition coefficient (Wildman–Crippen LogP) is 6.13. The summed E-state index contributed by atoms with van der Waals surface area (Å²) in [5.41, 5.74) is 9.97. The molecular formula is C28H32N3O4P. The summed E-state index contributed by atoms with van der Waals surface area (Å²) in [5, 5.41) is 12.1. The summed E-state index contributed by atoms with van der Waals surface area (Å²) >= 11 is 0. The van der Waals surface area contributed by atoms with Gasteiger partial charge in [-0.2, -0.15) is 0 Å². The molecule has 188 valence electrons. The van der Waals surface area contributed by atoms with Crippen LogP contribution in [0.3, 0.4) is 0 Å². The molecule has 1 heterocycles. The lowest BCUT2D eigenvalue weighted by Gasteiger charge is -2.19. The minimum Gasteiger partial charge on any atom is -0.494 e. The molecule has 4 N–H and O–H groups in total. The van der Waals surface area contributed by atoms with E-state index in [0.717, 1.165) is 11.1 Å². The number of aromatic amines is 1. The first-order chi connectivity index (χ1) is 17.2. The standard InChI is InChI=1S/C28H32N3O4P/c1-5-34-36(33,35-6-2)22-15-16-24-23(18-22)25(27(32)31-24)26(19-11-8-7-9-12-19)30-21-14-10-13-20(17-21)28(3,4)29/h7-18,31-32H,5-6,29H2,1-4H3. The van der Waals surface area contributed by atoms with Crippen molar-refractivity contribution in [2.45, 2.75) is 33.2 Å². The molecule has 0 amide bonds. The Hall–Kier alpha value is -3.22. The van der Waals surface area contributed by atoms with E-state index in [1.807, 2.05) is 68.4 Å². The minimum absolute atomic E-state index is 0.0392. The zero-order valence-corrected chi connectivity index (χ0v) is 21.9.